The lowest BCUT2D eigenvalue weighted by molar-refractivity contribution is 0.485. The quantitative estimate of drug-likeness (QED) is 0.567. The Balaban J connectivity index is 2.46. The van der Waals surface area contributed by atoms with Crippen molar-refractivity contribution in [1.82, 2.24) is 9.97 Å². The molecule has 0 aromatic carbocycles. The van der Waals surface area contributed by atoms with Gasteiger partial charge in [0.05, 0.1) is 5.69 Å². The van der Waals surface area contributed by atoms with Crippen LogP contribution >= 0.6 is 11.8 Å². The first-order valence-electron chi connectivity index (χ1n) is 4.90. The summed E-state index contributed by atoms with van der Waals surface area (Å²) in [6, 6.07) is 0. The van der Waals surface area contributed by atoms with Gasteiger partial charge in [0.25, 0.3) is 0 Å². The van der Waals surface area contributed by atoms with Crippen molar-refractivity contribution < 1.29 is 0 Å². The van der Waals surface area contributed by atoms with Crippen LogP contribution < -0.4 is 5.73 Å². The molecule has 76 valence electrons. The first-order chi connectivity index (χ1) is 6.70. The fourth-order valence-electron chi connectivity index (χ4n) is 1.94. The highest BCUT2D eigenvalue weighted by Crippen LogP contribution is 2.30. The van der Waals surface area contributed by atoms with E-state index in [0.717, 1.165) is 23.8 Å². The van der Waals surface area contributed by atoms with E-state index >= 15 is 0 Å². The van der Waals surface area contributed by atoms with Crippen molar-refractivity contribution in [3.63, 3.8) is 0 Å². The molecular weight excluding hydrogens is 194 g/mol. The minimum atomic E-state index is 0.419. The summed E-state index contributed by atoms with van der Waals surface area (Å²) in [4.78, 5) is 8.59. The van der Waals surface area contributed by atoms with Crippen molar-refractivity contribution in [3.8, 4) is 0 Å². The predicted molar refractivity (Wildman–Crippen MR) is 59.4 cm³/mol. The Labute approximate surface area is 88.5 Å². The van der Waals surface area contributed by atoms with E-state index in [1.165, 1.54) is 17.7 Å². The zero-order valence-electron chi connectivity index (χ0n) is 8.58. The number of aromatic nitrogens is 2. The van der Waals surface area contributed by atoms with Gasteiger partial charge in [0.15, 0.2) is 0 Å². The Morgan fingerprint density at radius 3 is 2.93 bits per heavy atom. The predicted octanol–water partition coefficient (Wildman–Crippen LogP) is 1.91. The van der Waals surface area contributed by atoms with Crippen molar-refractivity contribution >= 4 is 17.7 Å². The molecule has 14 heavy (non-hydrogen) atoms. The van der Waals surface area contributed by atoms with Gasteiger partial charge >= 0.3 is 0 Å². The highest BCUT2D eigenvalue weighted by Gasteiger charge is 2.20. The molecule has 2 rings (SSSR count). The van der Waals surface area contributed by atoms with E-state index in [1.54, 1.807) is 11.8 Å². The molecule has 1 atom stereocenters. The summed E-state index contributed by atoms with van der Waals surface area (Å²) in [5, 5.41) is 1.07. The van der Waals surface area contributed by atoms with Crippen LogP contribution in [0.2, 0.25) is 0 Å². The summed E-state index contributed by atoms with van der Waals surface area (Å²) in [6.07, 6.45) is 5.44. The largest absolute Gasteiger partial charge is 0.368 e. The Kier molecular flexibility index (Phi) is 2.63. The topological polar surface area (TPSA) is 51.8 Å². The highest BCUT2D eigenvalue weighted by molar-refractivity contribution is 7.98. The third-order valence-electron chi connectivity index (χ3n) is 2.69. The fraction of sp³-hybridized carbons (Fsp3) is 0.600. The number of thioether (sulfide) groups is 1. The number of hydrogen-bond acceptors (Lipinski definition) is 4. The third-order valence-corrected chi connectivity index (χ3v) is 3.42. The van der Waals surface area contributed by atoms with Crippen LogP contribution in [-0.2, 0) is 12.8 Å². The van der Waals surface area contributed by atoms with Crippen LogP contribution in [0.25, 0.3) is 0 Å². The second-order valence-corrected chi connectivity index (χ2v) is 4.66. The molecule has 1 aliphatic carbocycles. The Hall–Kier alpha value is -0.770. The van der Waals surface area contributed by atoms with Crippen LogP contribution in [0.1, 0.15) is 24.6 Å². The molecule has 1 aliphatic rings. The third kappa shape index (κ3) is 1.71. The van der Waals surface area contributed by atoms with Crippen molar-refractivity contribution in [2.24, 2.45) is 5.92 Å². The summed E-state index contributed by atoms with van der Waals surface area (Å²) in [6.45, 7) is 2.26. The summed E-state index contributed by atoms with van der Waals surface area (Å²) >= 11 is 1.67. The number of hydrogen-bond donors (Lipinski definition) is 1. The fourth-order valence-corrected chi connectivity index (χ4v) is 2.59. The maximum atomic E-state index is 5.67. The van der Waals surface area contributed by atoms with E-state index in [0.29, 0.717) is 5.95 Å². The van der Waals surface area contributed by atoms with Gasteiger partial charge in [0.2, 0.25) is 5.95 Å². The number of nitrogens with zero attached hydrogens (tertiary/aromatic N) is 2. The molecule has 1 aromatic rings. The molecular formula is C10H15N3S. The molecule has 0 bridgehead atoms. The van der Waals surface area contributed by atoms with Gasteiger partial charge in [-0.3, -0.25) is 0 Å². The lowest BCUT2D eigenvalue weighted by Gasteiger charge is -2.21. The maximum Gasteiger partial charge on any atom is 0.221 e. The standard InChI is InChI=1S/C10H15N3S/c1-6-3-4-7-8(5-6)12-10(11)13-9(7)14-2/h6H,3-5H2,1-2H3,(H2,11,12,13). The number of fused-ring (bicyclic) bond motifs is 1. The monoisotopic (exact) mass is 209 g/mol. The molecule has 0 fully saturated rings. The van der Waals surface area contributed by atoms with Crippen molar-refractivity contribution in [2.75, 3.05) is 12.0 Å². The van der Waals surface area contributed by atoms with Gasteiger partial charge in [0, 0.05) is 5.56 Å². The zero-order chi connectivity index (χ0) is 10.1. The highest BCUT2D eigenvalue weighted by atomic mass is 32.2. The molecule has 0 radical (unpaired) electrons. The Bertz CT molecular complexity index is 351. The molecule has 2 N–H and O–H groups in total. The lowest BCUT2D eigenvalue weighted by Crippen LogP contribution is -2.16. The lowest BCUT2D eigenvalue weighted by atomic mass is 9.89. The summed E-state index contributed by atoms with van der Waals surface area (Å²) in [5.41, 5.74) is 8.16. The van der Waals surface area contributed by atoms with Crippen LogP contribution in [0.3, 0.4) is 0 Å². The van der Waals surface area contributed by atoms with Crippen LogP contribution in [0.4, 0.5) is 5.95 Å². The molecule has 0 saturated heterocycles. The first-order valence-corrected chi connectivity index (χ1v) is 6.12. The molecule has 0 amide bonds. The summed E-state index contributed by atoms with van der Waals surface area (Å²) < 4.78 is 0. The molecule has 3 nitrogen and oxygen atoms in total. The van der Waals surface area contributed by atoms with E-state index in [1.807, 2.05) is 6.26 Å². The van der Waals surface area contributed by atoms with Gasteiger partial charge in [-0.15, -0.1) is 11.8 Å². The van der Waals surface area contributed by atoms with E-state index in [-0.39, 0.29) is 0 Å². The van der Waals surface area contributed by atoms with E-state index in [2.05, 4.69) is 16.9 Å². The Morgan fingerprint density at radius 2 is 2.21 bits per heavy atom. The van der Waals surface area contributed by atoms with E-state index in [9.17, 15) is 0 Å². The second-order valence-electron chi connectivity index (χ2n) is 3.86. The smallest absolute Gasteiger partial charge is 0.221 e. The molecule has 0 saturated carbocycles. The molecule has 1 aromatic heterocycles. The van der Waals surface area contributed by atoms with Gasteiger partial charge in [0.1, 0.15) is 5.03 Å². The minimum absolute atomic E-state index is 0.419. The SMILES string of the molecule is CSc1nc(N)nc2c1CCC(C)C2. The normalized spacial score (nSPS) is 20.6. The van der Waals surface area contributed by atoms with Crippen molar-refractivity contribution in [3.05, 3.63) is 11.3 Å². The van der Waals surface area contributed by atoms with Crippen molar-refractivity contribution in [1.29, 1.82) is 0 Å². The molecule has 0 spiro atoms. The first kappa shape index (κ1) is 9.77. The average molecular weight is 209 g/mol. The van der Waals surface area contributed by atoms with E-state index in [4.69, 9.17) is 5.73 Å². The number of nitrogen functional groups attached to an aromatic ring is 1. The molecule has 4 heteroatoms. The molecule has 0 aliphatic heterocycles. The van der Waals surface area contributed by atoms with Crippen LogP contribution in [-0.4, -0.2) is 16.2 Å². The van der Waals surface area contributed by atoms with E-state index < -0.39 is 0 Å². The van der Waals surface area contributed by atoms with Gasteiger partial charge in [-0.1, -0.05) is 6.92 Å². The van der Waals surface area contributed by atoms with Crippen LogP contribution in [0, 0.1) is 5.92 Å². The van der Waals surface area contributed by atoms with Gasteiger partial charge in [-0.25, -0.2) is 9.97 Å². The van der Waals surface area contributed by atoms with Crippen LogP contribution in [0.15, 0.2) is 5.03 Å². The Morgan fingerprint density at radius 1 is 1.43 bits per heavy atom. The minimum Gasteiger partial charge on any atom is -0.368 e. The molecule has 1 unspecified atom stereocenters. The molecule has 1 heterocycles. The maximum absolute atomic E-state index is 5.67. The number of nitrogens with two attached hydrogens (primary N) is 1. The van der Waals surface area contributed by atoms with Crippen LogP contribution in [0.5, 0.6) is 0 Å². The van der Waals surface area contributed by atoms with Gasteiger partial charge < -0.3 is 5.73 Å². The average Bonchev–Trinajstić information content (AvgIpc) is 2.15. The number of anilines is 1. The summed E-state index contributed by atoms with van der Waals surface area (Å²) in [5.74, 6) is 1.15. The summed E-state index contributed by atoms with van der Waals surface area (Å²) in [7, 11) is 0. The van der Waals surface area contributed by atoms with Gasteiger partial charge in [-0.05, 0) is 31.4 Å². The second kappa shape index (κ2) is 3.77. The van der Waals surface area contributed by atoms with Gasteiger partial charge in [-0.2, -0.15) is 0 Å². The number of rotatable bonds is 1. The zero-order valence-corrected chi connectivity index (χ0v) is 9.40. The van der Waals surface area contributed by atoms with Crippen molar-refractivity contribution in [2.45, 2.75) is 31.2 Å².